The van der Waals surface area contributed by atoms with Crippen molar-refractivity contribution in [1.29, 1.82) is 0 Å². The van der Waals surface area contributed by atoms with Gasteiger partial charge in [0, 0.05) is 25.6 Å². The zero-order valence-corrected chi connectivity index (χ0v) is 9.91. The number of carbonyl (C=O) groups excluding carboxylic acids is 1. The van der Waals surface area contributed by atoms with Gasteiger partial charge < -0.3 is 10.6 Å². The zero-order chi connectivity index (χ0) is 12.0. The van der Waals surface area contributed by atoms with Gasteiger partial charge in [0.15, 0.2) is 0 Å². The quantitative estimate of drug-likeness (QED) is 0.685. The number of carbonyl (C=O) groups is 1. The van der Waals surface area contributed by atoms with Crippen molar-refractivity contribution < 1.29 is 9.42 Å². The molecule has 0 aromatic carbocycles. The van der Waals surface area contributed by atoms with Gasteiger partial charge in [0.2, 0.25) is 5.91 Å². The Morgan fingerprint density at radius 3 is 2.75 bits per heavy atom. The fourth-order valence-electron chi connectivity index (χ4n) is 1.21. The number of hydrogen-bond donors (Lipinski definition) is 2. The molecule has 1 amide bonds. The molecule has 0 aliphatic rings. The van der Waals surface area contributed by atoms with Crippen molar-refractivity contribution in [3.05, 3.63) is 11.4 Å². The first-order valence-electron chi connectivity index (χ1n) is 5.37. The molecule has 16 heavy (non-hydrogen) atoms. The Morgan fingerprint density at radius 1 is 1.44 bits per heavy atom. The van der Waals surface area contributed by atoms with E-state index >= 15 is 0 Å². The average Bonchev–Trinajstić information content (AvgIpc) is 2.58. The molecule has 0 radical (unpaired) electrons. The van der Waals surface area contributed by atoms with Crippen LogP contribution in [0.3, 0.4) is 0 Å². The summed E-state index contributed by atoms with van der Waals surface area (Å²) in [7, 11) is 0. The van der Waals surface area contributed by atoms with E-state index in [0.717, 1.165) is 11.4 Å². The monoisotopic (exact) mass is 226 g/mol. The molecule has 1 heterocycles. The lowest BCUT2D eigenvalue weighted by atomic mass is 10.3. The van der Waals surface area contributed by atoms with E-state index in [9.17, 15) is 4.79 Å². The first-order chi connectivity index (χ1) is 7.59. The average molecular weight is 226 g/mol. The summed E-state index contributed by atoms with van der Waals surface area (Å²) in [4.78, 5) is 11.3. The molecule has 0 aliphatic heterocycles. The second-order valence-corrected chi connectivity index (χ2v) is 3.95. The van der Waals surface area contributed by atoms with E-state index in [4.69, 9.17) is 0 Å². The molecule has 0 aliphatic carbocycles. The topological polar surface area (TPSA) is 80.1 Å². The van der Waals surface area contributed by atoms with Gasteiger partial charge in [0.05, 0.1) is 0 Å². The van der Waals surface area contributed by atoms with Crippen molar-refractivity contribution in [2.75, 3.05) is 6.54 Å². The molecule has 6 heteroatoms. The maximum absolute atomic E-state index is 11.3. The highest BCUT2D eigenvalue weighted by atomic mass is 16.6. The van der Waals surface area contributed by atoms with E-state index in [-0.39, 0.29) is 11.9 Å². The van der Waals surface area contributed by atoms with E-state index in [0.29, 0.717) is 19.5 Å². The molecule has 1 aromatic rings. The third kappa shape index (κ3) is 4.39. The molecule has 1 rings (SSSR count). The van der Waals surface area contributed by atoms with Gasteiger partial charge in [-0.25, -0.2) is 4.63 Å². The summed E-state index contributed by atoms with van der Waals surface area (Å²) < 4.78 is 4.56. The van der Waals surface area contributed by atoms with Crippen LogP contribution < -0.4 is 10.6 Å². The summed E-state index contributed by atoms with van der Waals surface area (Å²) in [6.07, 6.45) is 0.461. The molecule has 0 fully saturated rings. The van der Waals surface area contributed by atoms with Crippen LogP contribution in [0.5, 0.6) is 0 Å². The van der Waals surface area contributed by atoms with Gasteiger partial charge in [-0.05, 0) is 20.8 Å². The first-order valence-corrected chi connectivity index (χ1v) is 5.37. The summed E-state index contributed by atoms with van der Waals surface area (Å²) >= 11 is 0. The van der Waals surface area contributed by atoms with E-state index in [1.54, 1.807) is 0 Å². The lowest BCUT2D eigenvalue weighted by Crippen LogP contribution is -2.32. The molecule has 0 atom stereocenters. The molecular formula is C10H18N4O2. The lowest BCUT2D eigenvalue weighted by Gasteiger charge is -2.08. The Bertz CT molecular complexity index is 335. The number of aromatic nitrogens is 2. The largest absolute Gasteiger partial charge is 0.354 e. The minimum atomic E-state index is 0.0532. The van der Waals surface area contributed by atoms with Gasteiger partial charge in [-0.2, -0.15) is 0 Å². The van der Waals surface area contributed by atoms with E-state index in [1.807, 2.05) is 20.8 Å². The Hall–Kier alpha value is -1.43. The van der Waals surface area contributed by atoms with Crippen LogP contribution >= 0.6 is 0 Å². The fraction of sp³-hybridized carbons (Fsp3) is 0.700. The summed E-state index contributed by atoms with van der Waals surface area (Å²) in [6.45, 7) is 6.90. The van der Waals surface area contributed by atoms with E-state index in [1.165, 1.54) is 0 Å². The number of aryl methyl sites for hydroxylation is 1. The maximum Gasteiger partial charge on any atom is 0.221 e. The molecule has 0 saturated heterocycles. The van der Waals surface area contributed by atoms with Crippen molar-refractivity contribution in [2.45, 2.75) is 39.8 Å². The lowest BCUT2D eigenvalue weighted by molar-refractivity contribution is -0.121. The van der Waals surface area contributed by atoms with Crippen molar-refractivity contribution >= 4 is 5.91 Å². The predicted octanol–water partition coefficient (Wildman–Crippen LogP) is 0.382. The third-order valence-corrected chi connectivity index (χ3v) is 2.02. The zero-order valence-electron chi connectivity index (χ0n) is 9.91. The minimum Gasteiger partial charge on any atom is -0.354 e. The second kappa shape index (κ2) is 6.22. The van der Waals surface area contributed by atoms with Crippen molar-refractivity contribution in [2.24, 2.45) is 0 Å². The number of rotatable bonds is 6. The number of amides is 1. The van der Waals surface area contributed by atoms with Gasteiger partial charge in [0.1, 0.15) is 11.4 Å². The highest BCUT2D eigenvalue weighted by Crippen LogP contribution is 1.98. The SMILES string of the molecule is Cc1nonc1CNCCC(=O)NC(C)C. The van der Waals surface area contributed by atoms with Crippen molar-refractivity contribution in [3.63, 3.8) is 0 Å². The molecule has 2 N–H and O–H groups in total. The van der Waals surface area contributed by atoms with Gasteiger partial charge in [-0.15, -0.1) is 0 Å². The molecule has 0 saturated carbocycles. The molecule has 1 aromatic heterocycles. The molecular weight excluding hydrogens is 208 g/mol. The minimum absolute atomic E-state index is 0.0532. The van der Waals surface area contributed by atoms with E-state index in [2.05, 4.69) is 25.6 Å². The van der Waals surface area contributed by atoms with Crippen LogP contribution in [0.2, 0.25) is 0 Å². The predicted molar refractivity (Wildman–Crippen MR) is 58.6 cm³/mol. The Morgan fingerprint density at radius 2 is 2.19 bits per heavy atom. The first kappa shape index (κ1) is 12.6. The number of hydrogen-bond acceptors (Lipinski definition) is 5. The van der Waals surface area contributed by atoms with Gasteiger partial charge in [-0.1, -0.05) is 10.3 Å². The highest BCUT2D eigenvalue weighted by Gasteiger charge is 2.05. The van der Waals surface area contributed by atoms with Gasteiger partial charge >= 0.3 is 0 Å². The molecule has 0 spiro atoms. The molecule has 0 bridgehead atoms. The van der Waals surface area contributed by atoms with Crippen LogP contribution in [0.1, 0.15) is 31.7 Å². The van der Waals surface area contributed by atoms with Crippen LogP contribution in [-0.2, 0) is 11.3 Å². The van der Waals surface area contributed by atoms with Crippen LogP contribution in [0.25, 0.3) is 0 Å². The van der Waals surface area contributed by atoms with Gasteiger partial charge in [0.25, 0.3) is 0 Å². The molecule has 6 nitrogen and oxygen atoms in total. The Kier molecular flexibility index (Phi) is 4.91. The fourth-order valence-corrected chi connectivity index (χ4v) is 1.21. The highest BCUT2D eigenvalue weighted by molar-refractivity contribution is 5.76. The summed E-state index contributed by atoms with van der Waals surface area (Å²) in [5.41, 5.74) is 1.56. The van der Waals surface area contributed by atoms with E-state index < -0.39 is 0 Å². The van der Waals surface area contributed by atoms with Crippen LogP contribution in [0.4, 0.5) is 0 Å². The summed E-state index contributed by atoms with van der Waals surface area (Å²) in [5, 5.41) is 13.3. The smallest absolute Gasteiger partial charge is 0.221 e. The Labute approximate surface area is 94.7 Å². The third-order valence-electron chi connectivity index (χ3n) is 2.02. The second-order valence-electron chi connectivity index (χ2n) is 3.95. The maximum atomic E-state index is 11.3. The Balaban J connectivity index is 2.13. The van der Waals surface area contributed by atoms with Crippen molar-refractivity contribution in [1.82, 2.24) is 20.9 Å². The molecule has 0 unspecified atom stereocenters. The van der Waals surface area contributed by atoms with Crippen LogP contribution in [0, 0.1) is 6.92 Å². The summed E-state index contributed by atoms with van der Waals surface area (Å²) in [5.74, 6) is 0.0532. The van der Waals surface area contributed by atoms with Crippen LogP contribution in [-0.4, -0.2) is 28.8 Å². The van der Waals surface area contributed by atoms with Crippen LogP contribution in [0.15, 0.2) is 4.63 Å². The number of nitrogens with one attached hydrogen (secondary N) is 2. The summed E-state index contributed by atoms with van der Waals surface area (Å²) in [6, 6.07) is 0.189. The molecule has 90 valence electrons. The van der Waals surface area contributed by atoms with Crippen molar-refractivity contribution in [3.8, 4) is 0 Å². The number of nitrogens with zero attached hydrogens (tertiary/aromatic N) is 2. The van der Waals surface area contributed by atoms with Gasteiger partial charge in [-0.3, -0.25) is 4.79 Å². The normalized spacial score (nSPS) is 10.8. The standard InChI is InChI=1S/C10H18N4O2/c1-7(2)12-10(15)4-5-11-6-9-8(3)13-16-14-9/h7,11H,4-6H2,1-3H3,(H,12,15).